The first-order valence-corrected chi connectivity index (χ1v) is 5.90. The Morgan fingerprint density at radius 1 is 1.28 bits per heavy atom. The molecule has 0 amide bonds. The second-order valence-corrected chi connectivity index (χ2v) is 4.38. The number of hydrogen-bond donors (Lipinski definition) is 1. The van der Waals surface area contributed by atoms with E-state index < -0.39 is 11.6 Å². The van der Waals surface area contributed by atoms with Crippen molar-refractivity contribution in [2.24, 2.45) is 0 Å². The minimum atomic E-state index is -0.558. The zero-order valence-corrected chi connectivity index (χ0v) is 10.0. The first-order chi connectivity index (χ1) is 8.68. The molecule has 2 heterocycles. The average molecular weight is 249 g/mol. The molecule has 1 N–H and O–H groups in total. The molecule has 1 aliphatic rings. The lowest BCUT2D eigenvalue weighted by molar-refractivity contribution is 0.558. The van der Waals surface area contributed by atoms with E-state index in [4.69, 9.17) is 0 Å². The van der Waals surface area contributed by atoms with E-state index in [1.807, 2.05) is 0 Å². The number of benzene rings is 1. The molecular weight excluding hydrogens is 236 g/mol. The number of fused-ring (bicyclic) bond motifs is 1. The van der Waals surface area contributed by atoms with Crippen LogP contribution in [0.1, 0.15) is 17.2 Å². The van der Waals surface area contributed by atoms with Crippen LogP contribution in [0.3, 0.4) is 0 Å². The minimum Gasteiger partial charge on any atom is -0.311 e. The Labute approximate surface area is 103 Å². The van der Waals surface area contributed by atoms with Gasteiger partial charge in [0.15, 0.2) is 0 Å². The number of halogens is 2. The first kappa shape index (κ1) is 11.3. The summed E-state index contributed by atoms with van der Waals surface area (Å²) < 4.78 is 29.3. The van der Waals surface area contributed by atoms with Crippen LogP contribution in [0.5, 0.6) is 0 Å². The van der Waals surface area contributed by atoms with Crippen LogP contribution >= 0.6 is 0 Å². The van der Waals surface area contributed by atoms with Gasteiger partial charge in [-0.1, -0.05) is 6.07 Å². The predicted octanol–water partition coefficient (Wildman–Crippen LogP) is 2.10. The monoisotopic (exact) mass is 249 g/mol. The number of para-hydroxylation sites is 1. The van der Waals surface area contributed by atoms with Gasteiger partial charge in [-0.3, -0.25) is 4.57 Å². The molecule has 0 radical (unpaired) electrons. The lowest BCUT2D eigenvalue weighted by atomic mass is 10.1. The Morgan fingerprint density at radius 3 is 2.72 bits per heavy atom. The topological polar surface area (TPSA) is 29.9 Å². The van der Waals surface area contributed by atoms with Gasteiger partial charge in [-0.2, -0.15) is 0 Å². The molecule has 1 aromatic carbocycles. The predicted molar refractivity (Wildman–Crippen MR) is 63.6 cm³/mol. The van der Waals surface area contributed by atoms with Gasteiger partial charge < -0.3 is 5.32 Å². The molecule has 0 saturated carbocycles. The third-order valence-electron chi connectivity index (χ3n) is 3.22. The van der Waals surface area contributed by atoms with Crippen molar-refractivity contribution >= 4 is 0 Å². The quantitative estimate of drug-likeness (QED) is 0.838. The minimum absolute atomic E-state index is 0.0225. The number of aromatic nitrogens is 2. The maximum atomic E-state index is 13.9. The normalized spacial score (nSPS) is 14.6. The summed E-state index contributed by atoms with van der Waals surface area (Å²) in [4.78, 5) is 4.38. The fourth-order valence-electron chi connectivity index (χ4n) is 2.44. The van der Waals surface area contributed by atoms with E-state index in [1.54, 1.807) is 11.5 Å². The van der Waals surface area contributed by atoms with E-state index in [2.05, 4.69) is 10.3 Å². The highest BCUT2D eigenvalue weighted by Gasteiger charge is 2.22. The summed E-state index contributed by atoms with van der Waals surface area (Å²) in [5, 5.41) is 3.20. The van der Waals surface area contributed by atoms with Crippen molar-refractivity contribution < 1.29 is 8.78 Å². The summed E-state index contributed by atoms with van der Waals surface area (Å²) in [5.74, 6) is -0.499. The van der Waals surface area contributed by atoms with Crippen molar-refractivity contribution in [3.8, 4) is 5.69 Å². The molecule has 0 spiro atoms. The summed E-state index contributed by atoms with van der Waals surface area (Å²) in [6.45, 7) is 3.22. The van der Waals surface area contributed by atoms with E-state index in [0.717, 1.165) is 24.4 Å². The van der Waals surface area contributed by atoms with Crippen molar-refractivity contribution in [2.45, 2.75) is 19.9 Å². The summed E-state index contributed by atoms with van der Waals surface area (Å²) in [6.07, 6.45) is 0.726. The molecule has 0 fully saturated rings. The lowest BCUT2D eigenvalue weighted by Gasteiger charge is -2.16. The molecule has 0 aliphatic carbocycles. The van der Waals surface area contributed by atoms with Gasteiger partial charge in [0, 0.05) is 25.2 Å². The molecule has 2 aromatic rings. The fourth-order valence-corrected chi connectivity index (χ4v) is 2.44. The maximum absolute atomic E-state index is 13.9. The lowest BCUT2D eigenvalue weighted by Crippen LogP contribution is -2.25. The highest BCUT2D eigenvalue weighted by Crippen LogP contribution is 2.25. The summed E-state index contributed by atoms with van der Waals surface area (Å²) in [7, 11) is 0. The SMILES string of the molecule is Cc1nc2c(n1-c1c(F)cccc1F)CCNC2. The fraction of sp³-hybridized carbons (Fsp3) is 0.308. The molecule has 5 heteroatoms. The molecule has 3 rings (SSSR count). The number of aryl methyl sites for hydroxylation is 1. The van der Waals surface area contributed by atoms with Gasteiger partial charge in [-0.15, -0.1) is 0 Å². The van der Waals surface area contributed by atoms with Crippen molar-refractivity contribution in [3.05, 3.63) is 47.0 Å². The van der Waals surface area contributed by atoms with Crippen LogP contribution < -0.4 is 5.32 Å². The molecule has 1 aromatic heterocycles. The van der Waals surface area contributed by atoms with E-state index in [9.17, 15) is 8.78 Å². The number of rotatable bonds is 1. The van der Waals surface area contributed by atoms with E-state index in [1.165, 1.54) is 18.2 Å². The van der Waals surface area contributed by atoms with Crippen LogP contribution in [0.15, 0.2) is 18.2 Å². The van der Waals surface area contributed by atoms with Crippen LogP contribution in [0, 0.1) is 18.6 Å². The van der Waals surface area contributed by atoms with Gasteiger partial charge in [0.2, 0.25) is 0 Å². The van der Waals surface area contributed by atoms with Crippen LogP contribution in [0.4, 0.5) is 8.78 Å². The number of imidazole rings is 1. The largest absolute Gasteiger partial charge is 0.311 e. The first-order valence-electron chi connectivity index (χ1n) is 5.90. The van der Waals surface area contributed by atoms with Crippen LogP contribution in [0.25, 0.3) is 5.69 Å². The molecular formula is C13H13F2N3. The van der Waals surface area contributed by atoms with Crippen molar-refractivity contribution in [3.63, 3.8) is 0 Å². The van der Waals surface area contributed by atoms with Gasteiger partial charge in [0.25, 0.3) is 0 Å². The van der Waals surface area contributed by atoms with E-state index in [0.29, 0.717) is 12.4 Å². The van der Waals surface area contributed by atoms with Crippen LogP contribution in [0.2, 0.25) is 0 Å². The molecule has 94 valence electrons. The number of nitrogens with zero attached hydrogens (tertiary/aromatic N) is 2. The standard InChI is InChI=1S/C13H13F2N3/c1-8-17-11-7-16-6-5-12(11)18(8)13-9(14)3-2-4-10(13)15/h2-4,16H,5-7H2,1H3. The smallest absolute Gasteiger partial charge is 0.150 e. The molecule has 18 heavy (non-hydrogen) atoms. The zero-order valence-electron chi connectivity index (χ0n) is 10.0. The van der Waals surface area contributed by atoms with Crippen LogP contribution in [-0.2, 0) is 13.0 Å². The second kappa shape index (κ2) is 4.17. The van der Waals surface area contributed by atoms with Crippen molar-refractivity contribution in [2.75, 3.05) is 6.54 Å². The number of hydrogen-bond acceptors (Lipinski definition) is 2. The van der Waals surface area contributed by atoms with Crippen LogP contribution in [-0.4, -0.2) is 16.1 Å². The number of nitrogens with one attached hydrogen (secondary N) is 1. The Morgan fingerprint density at radius 2 is 2.00 bits per heavy atom. The van der Waals surface area contributed by atoms with Gasteiger partial charge in [0.1, 0.15) is 23.1 Å². The van der Waals surface area contributed by atoms with Gasteiger partial charge in [-0.25, -0.2) is 13.8 Å². The third kappa shape index (κ3) is 1.62. The highest BCUT2D eigenvalue weighted by molar-refractivity contribution is 5.40. The van der Waals surface area contributed by atoms with Crippen molar-refractivity contribution in [1.82, 2.24) is 14.9 Å². The Balaban J connectivity index is 2.26. The Bertz CT molecular complexity index is 584. The van der Waals surface area contributed by atoms with Gasteiger partial charge in [-0.05, 0) is 19.1 Å². The average Bonchev–Trinajstić information content (AvgIpc) is 2.66. The summed E-state index contributed by atoms with van der Waals surface area (Å²) >= 11 is 0. The highest BCUT2D eigenvalue weighted by atomic mass is 19.1. The van der Waals surface area contributed by atoms with Crippen molar-refractivity contribution in [1.29, 1.82) is 0 Å². The molecule has 1 aliphatic heterocycles. The Kier molecular flexibility index (Phi) is 2.63. The molecule has 3 nitrogen and oxygen atoms in total. The van der Waals surface area contributed by atoms with E-state index >= 15 is 0 Å². The molecule has 0 atom stereocenters. The van der Waals surface area contributed by atoms with Gasteiger partial charge in [0.05, 0.1) is 5.69 Å². The van der Waals surface area contributed by atoms with Gasteiger partial charge >= 0.3 is 0 Å². The molecule has 0 saturated heterocycles. The molecule has 0 unspecified atom stereocenters. The zero-order chi connectivity index (χ0) is 12.7. The second-order valence-electron chi connectivity index (χ2n) is 4.38. The Hall–Kier alpha value is -1.75. The maximum Gasteiger partial charge on any atom is 0.150 e. The third-order valence-corrected chi connectivity index (χ3v) is 3.22. The summed E-state index contributed by atoms with van der Waals surface area (Å²) in [5.41, 5.74) is 1.75. The molecule has 0 bridgehead atoms. The summed E-state index contributed by atoms with van der Waals surface area (Å²) in [6, 6.07) is 3.91. The van der Waals surface area contributed by atoms with E-state index in [-0.39, 0.29) is 5.69 Å².